The highest BCUT2D eigenvalue weighted by molar-refractivity contribution is 7.98. The normalized spacial score (nSPS) is 11.6. The van der Waals surface area contributed by atoms with E-state index in [2.05, 4.69) is 9.97 Å². The van der Waals surface area contributed by atoms with Crippen molar-refractivity contribution in [2.75, 3.05) is 0 Å². The van der Waals surface area contributed by atoms with E-state index < -0.39 is 11.6 Å². The summed E-state index contributed by atoms with van der Waals surface area (Å²) >= 11 is 1.33. The first-order valence-electron chi connectivity index (χ1n) is 7.55. The molecule has 3 aromatic rings. The van der Waals surface area contributed by atoms with E-state index in [9.17, 15) is 13.6 Å². The second-order valence-corrected chi connectivity index (χ2v) is 6.86. The van der Waals surface area contributed by atoms with Crippen LogP contribution in [0.5, 0.6) is 0 Å². The molecular formula is C17H17F2N3OS. The number of aromatic amines is 1. The maximum atomic E-state index is 13.3. The number of thioether (sulfide) groups is 1. The van der Waals surface area contributed by atoms with Crippen LogP contribution in [0.15, 0.2) is 34.2 Å². The van der Waals surface area contributed by atoms with E-state index in [0.717, 1.165) is 11.8 Å². The summed E-state index contributed by atoms with van der Waals surface area (Å²) in [5.41, 5.74) is 2.47. The van der Waals surface area contributed by atoms with Gasteiger partial charge >= 0.3 is 0 Å². The number of benzene rings is 1. The minimum atomic E-state index is -0.876. The Labute approximate surface area is 141 Å². The lowest BCUT2D eigenvalue weighted by atomic mass is 10.2. The van der Waals surface area contributed by atoms with Gasteiger partial charge in [-0.25, -0.2) is 13.8 Å². The molecule has 2 aromatic heterocycles. The predicted molar refractivity (Wildman–Crippen MR) is 91.4 cm³/mol. The Kier molecular flexibility index (Phi) is 4.45. The Morgan fingerprint density at radius 3 is 2.67 bits per heavy atom. The maximum Gasteiger partial charge on any atom is 0.278 e. The molecule has 0 aliphatic carbocycles. The van der Waals surface area contributed by atoms with Crippen LogP contribution in [0.4, 0.5) is 8.78 Å². The number of hydrogen-bond donors (Lipinski definition) is 1. The smallest absolute Gasteiger partial charge is 0.278 e. The average Bonchev–Trinajstić information content (AvgIpc) is 2.89. The summed E-state index contributed by atoms with van der Waals surface area (Å²) in [6.07, 6.45) is 0. The van der Waals surface area contributed by atoms with Gasteiger partial charge in [0.25, 0.3) is 5.56 Å². The Balaban J connectivity index is 1.99. The molecule has 24 heavy (non-hydrogen) atoms. The van der Waals surface area contributed by atoms with Crippen LogP contribution in [0.3, 0.4) is 0 Å². The summed E-state index contributed by atoms with van der Waals surface area (Å²) in [6.45, 7) is 5.69. The molecule has 3 rings (SSSR count). The zero-order chi connectivity index (χ0) is 17.4. The van der Waals surface area contributed by atoms with Crippen LogP contribution >= 0.6 is 11.8 Å². The summed E-state index contributed by atoms with van der Waals surface area (Å²) in [5.74, 6) is -1.35. The van der Waals surface area contributed by atoms with Gasteiger partial charge in [-0.3, -0.25) is 9.36 Å². The van der Waals surface area contributed by atoms with Crippen molar-refractivity contribution in [3.05, 3.63) is 57.5 Å². The Morgan fingerprint density at radius 1 is 1.25 bits per heavy atom. The summed E-state index contributed by atoms with van der Waals surface area (Å²) < 4.78 is 28.0. The molecule has 0 amide bonds. The fraction of sp³-hybridized carbons (Fsp3) is 0.294. The number of aryl methyl sites for hydroxylation is 1. The molecule has 0 atom stereocenters. The molecule has 0 fully saturated rings. The van der Waals surface area contributed by atoms with E-state index in [-0.39, 0.29) is 11.6 Å². The topological polar surface area (TPSA) is 50.7 Å². The molecule has 1 aromatic carbocycles. The molecule has 0 bridgehead atoms. The van der Waals surface area contributed by atoms with Crippen LogP contribution in [0.1, 0.15) is 31.1 Å². The molecule has 0 aliphatic rings. The third-order valence-corrected chi connectivity index (χ3v) is 4.68. The Bertz CT molecular complexity index is 962. The standard InChI is InChI=1S/C17H17F2N3OS/c1-9(2)22-16(23)15-14(6-10(3)20-15)21-17(22)24-8-11-4-5-12(18)13(19)7-11/h4-7,9,20H,8H2,1-3H3. The van der Waals surface area contributed by atoms with Crippen molar-refractivity contribution in [3.8, 4) is 0 Å². The van der Waals surface area contributed by atoms with Crippen molar-refractivity contribution in [2.45, 2.75) is 37.7 Å². The maximum absolute atomic E-state index is 13.3. The number of hydrogen-bond acceptors (Lipinski definition) is 3. The fourth-order valence-corrected chi connectivity index (χ4v) is 3.60. The summed E-state index contributed by atoms with van der Waals surface area (Å²) in [7, 11) is 0. The third-order valence-electron chi connectivity index (χ3n) is 3.65. The lowest BCUT2D eigenvalue weighted by Gasteiger charge is -2.15. The fourth-order valence-electron chi connectivity index (χ4n) is 2.52. The van der Waals surface area contributed by atoms with Crippen molar-refractivity contribution in [2.24, 2.45) is 0 Å². The lowest BCUT2D eigenvalue weighted by molar-refractivity contribution is 0.507. The second-order valence-electron chi connectivity index (χ2n) is 5.91. The molecule has 4 nitrogen and oxygen atoms in total. The molecule has 126 valence electrons. The summed E-state index contributed by atoms with van der Waals surface area (Å²) in [4.78, 5) is 20.3. The first-order chi connectivity index (χ1) is 11.4. The summed E-state index contributed by atoms with van der Waals surface area (Å²) in [5, 5.41) is 0.561. The van der Waals surface area contributed by atoms with Crippen molar-refractivity contribution in [3.63, 3.8) is 0 Å². The monoisotopic (exact) mass is 349 g/mol. The largest absolute Gasteiger partial charge is 0.353 e. The first-order valence-corrected chi connectivity index (χ1v) is 8.54. The number of nitrogens with one attached hydrogen (secondary N) is 1. The number of nitrogens with zero attached hydrogens (tertiary/aromatic N) is 2. The number of halogens is 2. The minimum Gasteiger partial charge on any atom is -0.353 e. The Morgan fingerprint density at radius 2 is 2.00 bits per heavy atom. The lowest BCUT2D eigenvalue weighted by Crippen LogP contribution is -2.25. The molecule has 0 saturated carbocycles. The van der Waals surface area contributed by atoms with E-state index in [1.807, 2.05) is 26.8 Å². The molecular weight excluding hydrogens is 332 g/mol. The van der Waals surface area contributed by atoms with E-state index in [1.165, 1.54) is 23.9 Å². The van der Waals surface area contributed by atoms with Gasteiger partial charge in [-0.15, -0.1) is 0 Å². The van der Waals surface area contributed by atoms with E-state index in [0.29, 0.717) is 27.5 Å². The number of aromatic nitrogens is 3. The average molecular weight is 349 g/mol. The van der Waals surface area contributed by atoms with Gasteiger partial charge < -0.3 is 4.98 Å². The highest BCUT2D eigenvalue weighted by atomic mass is 32.2. The van der Waals surface area contributed by atoms with Crippen molar-refractivity contribution in [1.82, 2.24) is 14.5 Å². The van der Waals surface area contributed by atoms with Crippen molar-refractivity contribution >= 4 is 22.8 Å². The van der Waals surface area contributed by atoms with Gasteiger partial charge in [0.1, 0.15) is 5.52 Å². The molecule has 0 unspecified atom stereocenters. The van der Waals surface area contributed by atoms with Gasteiger partial charge in [0.15, 0.2) is 16.8 Å². The van der Waals surface area contributed by atoms with Gasteiger partial charge in [0.2, 0.25) is 0 Å². The van der Waals surface area contributed by atoms with Crippen molar-refractivity contribution < 1.29 is 8.78 Å². The van der Waals surface area contributed by atoms with E-state index in [1.54, 1.807) is 4.57 Å². The summed E-state index contributed by atoms with van der Waals surface area (Å²) in [6, 6.07) is 5.56. The molecule has 0 spiro atoms. The van der Waals surface area contributed by atoms with Crippen LogP contribution in [-0.2, 0) is 5.75 Å². The van der Waals surface area contributed by atoms with Crippen LogP contribution < -0.4 is 5.56 Å². The molecule has 2 heterocycles. The second kappa shape index (κ2) is 6.39. The van der Waals surface area contributed by atoms with Gasteiger partial charge in [-0.1, -0.05) is 17.8 Å². The zero-order valence-corrected chi connectivity index (χ0v) is 14.4. The SMILES string of the molecule is Cc1cc2nc(SCc3ccc(F)c(F)c3)n(C(C)C)c(=O)c2[nH]1. The van der Waals surface area contributed by atoms with Gasteiger partial charge in [0, 0.05) is 17.5 Å². The molecule has 0 radical (unpaired) electrons. The highest BCUT2D eigenvalue weighted by Gasteiger charge is 2.16. The van der Waals surface area contributed by atoms with Crippen LogP contribution in [0.25, 0.3) is 11.0 Å². The van der Waals surface area contributed by atoms with Gasteiger partial charge in [-0.05, 0) is 44.5 Å². The van der Waals surface area contributed by atoms with Crippen LogP contribution in [0.2, 0.25) is 0 Å². The molecule has 0 saturated heterocycles. The highest BCUT2D eigenvalue weighted by Crippen LogP contribution is 2.25. The molecule has 0 aliphatic heterocycles. The minimum absolute atomic E-state index is 0.0644. The van der Waals surface area contributed by atoms with Gasteiger partial charge in [0.05, 0.1) is 5.52 Å². The predicted octanol–water partition coefficient (Wildman–Crippen LogP) is 4.18. The Hall–Kier alpha value is -2.15. The zero-order valence-electron chi connectivity index (χ0n) is 13.6. The van der Waals surface area contributed by atoms with Crippen LogP contribution in [-0.4, -0.2) is 14.5 Å². The number of fused-ring (bicyclic) bond motifs is 1. The van der Waals surface area contributed by atoms with E-state index >= 15 is 0 Å². The van der Waals surface area contributed by atoms with Crippen molar-refractivity contribution in [1.29, 1.82) is 0 Å². The third kappa shape index (κ3) is 3.08. The van der Waals surface area contributed by atoms with Gasteiger partial charge in [-0.2, -0.15) is 0 Å². The molecule has 7 heteroatoms. The quantitative estimate of drug-likeness (QED) is 0.568. The molecule has 1 N–H and O–H groups in total. The van der Waals surface area contributed by atoms with Crippen LogP contribution in [0, 0.1) is 18.6 Å². The number of H-pyrrole nitrogens is 1. The number of rotatable bonds is 4. The first kappa shape index (κ1) is 16.7. The van der Waals surface area contributed by atoms with E-state index in [4.69, 9.17) is 0 Å².